The summed E-state index contributed by atoms with van der Waals surface area (Å²) in [6, 6.07) is 9.42. The number of hydrogen-bond acceptors (Lipinski definition) is 3. The van der Waals surface area contributed by atoms with Crippen LogP contribution in [0.4, 0.5) is 0 Å². The highest BCUT2D eigenvalue weighted by molar-refractivity contribution is 7.88. The van der Waals surface area contributed by atoms with Crippen molar-refractivity contribution in [1.29, 1.82) is 0 Å². The molecule has 0 radical (unpaired) electrons. The van der Waals surface area contributed by atoms with Gasteiger partial charge in [-0.1, -0.05) is 36.8 Å². The van der Waals surface area contributed by atoms with Gasteiger partial charge >= 0.3 is 0 Å². The fourth-order valence-corrected chi connectivity index (χ4v) is 5.60. The van der Waals surface area contributed by atoms with Gasteiger partial charge in [0.25, 0.3) is 0 Å². The van der Waals surface area contributed by atoms with Gasteiger partial charge in [0, 0.05) is 31.0 Å². The fraction of sp³-hybridized carbons (Fsp3) is 0.611. The number of likely N-dealkylation sites (tertiary alicyclic amines) is 1. The number of carbonyl (C=O) groups excluding carboxylic acids is 1. The Morgan fingerprint density at radius 1 is 1.25 bits per heavy atom. The van der Waals surface area contributed by atoms with Gasteiger partial charge in [0.05, 0.1) is 5.75 Å². The maximum Gasteiger partial charge on any atom is 0.222 e. The molecule has 2 fully saturated rings. The Morgan fingerprint density at radius 3 is 2.71 bits per heavy atom. The van der Waals surface area contributed by atoms with E-state index < -0.39 is 10.0 Å². The van der Waals surface area contributed by atoms with E-state index in [4.69, 9.17) is 0 Å². The SMILES string of the molecule is CCN1C(=O)CC[C@]2(CNS(=O)(=O)Cc3ccccc3)CCC[C@@H]12. The first-order chi connectivity index (χ1) is 11.5. The van der Waals surface area contributed by atoms with Crippen molar-refractivity contribution in [2.75, 3.05) is 13.1 Å². The van der Waals surface area contributed by atoms with E-state index in [1.807, 2.05) is 42.2 Å². The second kappa shape index (κ2) is 6.84. The van der Waals surface area contributed by atoms with Crippen LogP contribution in [0.25, 0.3) is 0 Å². The molecule has 0 aromatic heterocycles. The van der Waals surface area contributed by atoms with Crippen LogP contribution in [0.15, 0.2) is 30.3 Å². The molecule has 0 spiro atoms. The third-order valence-corrected chi connectivity index (χ3v) is 6.87. The topological polar surface area (TPSA) is 66.5 Å². The first kappa shape index (κ1) is 17.4. The zero-order valence-corrected chi connectivity index (χ0v) is 15.0. The van der Waals surface area contributed by atoms with Gasteiger partial charge < -0.3 is 4.90 Å². The average Bonchev–Trinajstić information content (AvgIpc) is 2.98. The summed E-state index contributed by atoms with van der Waals surface area (Å²) in [4.78, 5) is 14.1. The average molecular weight is 350 g/mol. The molecule has 1 saturated heterocycles. The molecule has 24 heavy (non-hydrogen) atoms. The Kier molecular flexibility index (Phi) is 4.97. The second-order valence-corrected chi connectivity index (χ2v) is 8.82. The largest absolute Gasteiger partial charge is 0.339 e. The number of fused-ring (bicyclic) bond motifs is 1. The number of benzene rings is 1. The number of hydrogen-bond donors (Lipinski definition) is 1. The summed E-state index contributed by atoms with van der Waals surface area (Å²) in [5.41, 5.74) is 0.702. The van der Waals surface area contributed by atoms with Crippen molar-refractivity contribution in [1.82, 2.24) is 9.62 Å². The van der Waals surface area contributed by atoms with E-state index in [0.29, 0.717) is 19.5 Å². The maximum atomic E-state index is 12.5. The van der Waals surface area contributed by atoms with Crippen LogP contribution in [0, 0.1) is 5.41 Å². The Balaban J connectivity index is 1.69. The minimum Gasteiger partial charge on any atom is -0.339 e. The third kappa shape index (κ3) is 3.49. The number of carbonyl (C=O) groups is 1. The van der Waals surface area contributed by atoms with Gasteiger partial charge in [0.15, 0.2) is 0 Å². The Hall–Kier alpha value is -1.40. The highest BCUT2D eigenvalue weighted by atomic mass is 32.2. The molecular formula is C18H26N2O3S. The molecule has 1 aromatic rings. The second-order valence-electron chi connectivity index (χ2n) is 7.02. The van der Waals surface area contributed by atoms with Crippen LogP contribution in [0.3, 0.4) is 0 Å². The number of nitrogens with one attached hydrogen (secondary N) is 1. The molecule has 1 saturated carbocycles. The van der Waals surface area contributed by atoms with Gasteiger partial charge in [0.2, 0.25) is 15.9 Å². The van der Waals surface area contributed by atoms with Crippen LogP contribution in [0.1, 0.15) is 44.6 Å². The summed E-state index contributed by atoms with van der Waals surface area (Å²) >= 11 is 0. The van der Waals surface area contributed by atoms with E-state index in [0.717, 1.165) is 31.2 Å². The van der Waals surface area contributed by atoms with Gasteiger partial charge in [-0.25, -0.2) is 13.1 Å². The lowest BCUT2D eigenvalue weighted by Crippen LogP contribution is -2.55. The van der Waals surface area contributed by atoms with Crippen molar-refractivity contribution in [3.63, 3.8) is 0 Å². The van der Waals surface area contributed by atoms with Gasteiger partial charge in [-0.05, 0) is 31.7 Å². The number of piperidine rings is 1. The van der Waals surface area contributed by atoms with Crippen LogP contribution in [-0.2, 0) is 20.6 Å². The molecular weight excluding hydrogens is 324 g/mol. The van der Waals surface area contributed by atoms with E-state index in [-0.39, 0.29) is 23.1 Å². The number of rotatable bonds is 6. The molecule has 1 heterocycles. The normalized spacial score (nSPS) is 27.3. The molecule has 3 rings (SSSR count). The summed E-state index contributed by atoms with van der Waals surface area (Å²) in [5.74, 6) is 0.220. The van der Waals surface area contributed by atoms with Crippen molar-refractivity contribution in [3.8, 4) is 0 Å². The third-order valence-electron chi connectivity index (χ3n) is 5.58. The zero-order chi connectivity index (χ0) is 17.2. The van der Waals surface area contributed by atoms with Crippen LogP contribution >= 0.6 is 0 Å². The molecule has 6 heteroatoms. The predicted octanol–water partition coefficient (Wildman–Crippen LogP) is 2.29. The van der Waals surface area contributed by atoms with Crippen molar-refractivity contribution in [2.24, 2.45) is 5.41 Å². The minimum atomic E-state index is -3.37. The summed E-state index contributed by atoms with van der Waals surface area (Å²) in [6.07, 6.45) is 4.37. The van der Waals surface area contributed by atoms with E-state index in [9.17, 15) is 13.2 Å². The zero-order valence-electron chi connectivity index (χ0n) is 14.2. The smallest absolute Gasteiger partial charge is 0.222 e. The monoisotopic (exact) mass is 350 g/mol. The fourth-order valence-electron chi connectivity index (χ4n) is 4.36. The van der Waals surface area contributed by atoms with Crippen molar-refractivity contribution < 1.29 is 13.2 Å². The summed E-state index contributed by atoms with van der Waals surface area (Å²) in [7, 11) is -3.37. The lowest BCUT2D eigenvalue weighted by Gasteiger charge is -2.46. The quantitative estimate of drug-likeness (QED) is 0.856. The highest BCUT2D eigenvalue weighted by Crippen LogP contribution is 2.47. The molecule has 2 atom stereocenters. The minimum absolute atomic E-state index is 0.00497. The molecule has 0 unspecified atom stereocenters. The van der Waals surface area contributed by atoms with E-state index >= 15 is 0 Å². The van der Waals surface area contributed by atoms with Crippen LogP contribution in [0.2, 0.25) is 0 Å². The predicted molar refractivity (Wildman–Crippen MR) is 93.8 cm³/mol. The number of nitrogens with zero attached hydrogens (tertiary/aromatic N) is 1. The first-order valence-electron chi connectivity index (χ1n) is 8.76. The summed E-state index contributed by atoms with van der Waals surface area (Å²) < 4.78 is 27.7. The van der Waals surface area contributed by atoms with Crippen LogP contribution in [-0.4, -0.2) is 38.4 Å². The van der Waals surface area contributed by atoms with E-state index in [1.54, 1.807) is 0 Å². The number of amides is 1. The summed E-state index contributed by atoms with van der Waals surface area (Å²) in [6.45, 7) is 3.16. The molecule has 5 nitrogen and oxygen atoms in total. The van der Waals surface area contributed by atoms with E-state index in [1.165, 1.54) is 0 Å². The van der Waals surface area contributed by atoms with Gasteiger partial charge in [-0.3, -0.25) is 4.79 Å². The standard InChI is InChI=1S/C18H26N2O3S/c1-2-20-16-9-6-11-18(16,12-10-17(20)21)14-19-24(22,23)13-15-7-4-3-5-8-15/h3-5,7-8,16,19H,2,6,9-14H2,1H3/t16-,18+/m1/s1. The van der Waals surface area contributed by atoms with E-state index in [2.05, 4.69) is 4.72 Å². The molecule has 1 amide bonds. The van der Waals surface area contributed by atoms with Crippen molar-refractivity contribution >= 4 is 15.9 Å². The van der Waals surface area contributed by atoms with Crippen LogP contribution < -0.4 is 4.72 Å². The maximum absolute atomic E-state index is 12.5. The van der Waals surface area contributed by atoms with Gasteiger partial charge in [-0.15, -0.1) is 0 Å². The molecule has 1 aliphatic carbocycles. The van der Waals surface area contributed by atoms with Crippen molar-refractivity contribution in [2.45, 2.75) is 50.8 Å². The Labute approximate surface area is 144 Å². The van der Waals surface area contributed by atoms with Crippen LogP contribution in [0.5, 0.6) is 0 Å². The highest BCUT2D eigenvalue weighted by Gasteiger charge is 2.49. The summed E-state index contributed by atoms with van der Waals surface area (Å²) in [5, 5.41) is 0. The van der Waals surface area contributed by atoms with Gasteiger partial charge in [-0.2, -0.15) is 0 Å². The lowest BCUT2D eigenvalue weighted by atomic mass is 9.75. The molecule has 132 valence electrons. The Morgan fingerprint density at radius 2 is 2.00 bits per heavy atom. The first-order valence-corrected chi connectivity index (χ1v) is 10.4. The molecule has 1 N–H and O–H groups in total. The van der Waals surface area contributed by atoms with Crippen molar-refractivity contribution in [3.05, 3.63) is 35.9 Å². The van der Waals surface area contributed by atoms with Gasteiger partial charge in [0.1, 0.15) is 0 Å². The Bertz CT molecular complexity index is 689. The molecule has 2 aliphatic rings. The lowest BCUT2D eigenvalue weighted by molar-refractivity contribution is -0.141. The molecule has 1 aromatic carbocycles. The number of sulfonamides is 1. The molecule has 0 bridgehead atoms. The molecule has 1 aliphatic heterocycles.